The molecule has 0 bridgehead atoms. The molecule has 4 aromatic rings. The molecule has 0 amide bonds. The molecule has 1 aliphatic carbocycles. The second-order valence-corrected chi connectivity index (χ2v) is 6.41. The number of hydrogen-bond donors (Lipinski definition) is 0. The lowest BCUT2D eigenvalue weighted by Gasteiger charge is -2.11. The molecule has 1 saturated carbocycles. The van der Waals surface area contributed by atoms with Gasteiger partial charge < -0.3 is 0 Å². The van der Waals surface area contributed by atoms with E-state index in [0.29, 0.717) is 11.7 Å². The summed E-state index contributed by atoms with van der Waals surface area (Å²) in [4.78, 5) is 8.93. The SMILES string of the molecule is Fc1ccc(-c2cn3ncnc3nc2-c2cccc(C3CC3)c2)cc1. The highest BCUT2D eigenvalue weighted by Gasteiger charge is 2.24. The summed E-state index contributed by atoms with van der Waals surface area (Å²) >= 11 is 0. The second-order valence-electron chi connectivity index (χ2n) is 6.41. The summed E-state index contributed by atoms with van der Waals surface area (Å²) in [6.07, 6.45) is 5.90. The molecule has 122 valence electrons. The fraction of sp³-hybridized carbons (Fsp3) is 0.150. The number of aromatic nitrogens is 4. The van der Waals surface area contributed by atoms with Crippen molar-refractivity contribution in [1.29, 1.82) is 0 Å². The molecule has 2 aromatic heterocycles. The van der Waals surface area contributed by atoms with E-state index in [0.717, 1.165) is 22.4 Å². The molecule has 2 heterocycles. The highest BCUT2D eigenvalue weighted by atomic mass is 19.1. The Bertz CT molecular complexity index is 1060. The number of benzene rings is 2. The van der Waals surface area contributed by atoms with Crippen molar-refractivity contribution in [3.05, 3.63) is 72.4 Å². The minimum Gasteiger partial charge on any atom is -0.210 e. The zero-order valence-corrected chi connectivity index (χ0v) is 13.4. The van der Waals surface area contributed by atoms with Crippen LogP contribution in [0, 0.1) is 5.82 Å². The molecule has 2 aromatic carbocycles. The Morgan fingerprint density at radius 3 is 2.64 bits per heavy atom. The third-order valence-electron chi connectivity index (χ3n) is 4.64. The number of nitrogens with zero attached hydrogens (tertiary/aromatic N) is 4. The van der Waals surface area contributed by atoms with Gasteiger partial charge in [-0.25, -0.2) is 13.9 Å². The number of hydrogen-bond acceptors (Lipinski definition) is 3. The highest BCUT2D eigenvalue weighted by Crippen LogP contribution is 2.41. The van der Waals surface area contributed by atoms with Crippen LogP contribution < -0.4 is 0 Å². The van der Waals surface area contributed by atoms with E-state index in [2.05, 4.69) is 34.3 Å². The van der Waals surface area contributed by atoms with Crippen molar-refractivity contribution in [3.63, 3.8) is 0 Å². The first-order valence-corrected chi connectivity index (χ1v) is 8.34. The predicted molar refractivity (Wildman–Crippen MR) is 93.6 cm³/mol. The lowest BCUT2D eigenvalue weighted by Crippen LogP contribution is -1.98. The molecule has 5 heteroatoms. The van der Waals surface area contributed by atoms with Gasteiger partial charge in [0.1, 0.15) is 12.1 Å². The van der Waals surface area contributed by atoms with Crippen molar-refractivity contribution in [3.8, 4) is 22.4 Å². The van der Waals surface area contributed by atoms with Gasteiger partial charge in [0.15, 0.2) is 0 Å². The first-order valence-electron chi connectivity index (χ1n) is 8.34. The van der Waals surface area contributed by atoms with Gasteiger partial charge in [-0.05, 0) is 48.1 Å². The Balaban J connectivity index is 1.73. The van der Waals surface area contributed by atoms with Gasteiger partial charge in [0.2, 0.25) is 0 Å². The summed E-state index contributed by atoms with van der Waals surface area (Å²) < 4.78 is 15.0. The summed E-state index contributed by atoms with van der Waals surface area (Å²) in [5.41, 5.74) is 5.05. The number of rotatable bonds is 3. The molecule has 5 rings (SSSR count). The van der Waals surface area contributed by atoms with Crippen molar-refractivity contribution < 1.29 is 4.39 Å². The van der Waals surface area contributed by atoms with Crippen LogP contribution in [0.3, 0.4) is 0 Å². The zero-order valence-electron chi connectivity index (χ0n) is 13.4. The molecule has 0 unspecified atom stereocenters. The van der Waals surface area contributed by atoms with Crippen LogP contribution in [-0.2, 0) is 0 Å². The molecule has 4 nitrogen and oxygen atoms in total. The normalized spacial score (nSPS) is 14.1. The molecular weight excluding hydrogens is 315 g/mol. The summed E-state index contributed by atoms with van der Waals surface area (Å²) in [5.74, 6) is 0.972. The van der Waals surface area contributed by atoms with Gasteiger partial charge in [-0.15, -0.1) is 0 Å². The van der Waals surface area contributed by atoms with E-state index in [4.69, 9.17) is 4.98 Å². The fourth-order valence-corrected chi connectivity index (χ4v) is 3.18. The Labute approximate surface area is 144 Å². The minimum atomic E-state index is -0.254. The lowest BCUT2D eigenvalue weighted by atomic mass is 9.98. The van der Waals surface area contributed by atoms with Gasteiger partial charge in [0, 0.05) is 17.3 Å². The maximum atomic E-state index is 13.3. The molecule has 0 spiro atoms. The first kappa shape index (κ1) is 14.3. The van der Waals surface area contributed by atoms with Crippen molar-refractivity contribution >= 4 is 5.78 Å². The Kier molecular flexibility index (Phi) is 3.13. The summed E-state index contributed by atoms with van der Waals surface area (Å²) in [5, 5.41) is 4.18. The summed E-state index contributed by atoms with van der Waals surface area (Å²) in [6.45, 7) is 0. The molecule has 0 saturated heterocycles. The minimum absolute atomic E-state index is 0.254. The molecule has 0 radical (unpaired) electrons. The van der Waals surface area contributed by atoms with Crippen LogP contribution in [0.5, 0.6) is 0 Å². The van der Waals surface area contributed by atoms with Gasteiger partial charge >= 0.3 is 0 Å². The Hall–Kier alpha value is -3.08. The van der Waals surface area contributed by atoms with E-state index in [9.17, 15) is 4.39 Å². The van der Waals surface area contributed by atoms with Crippen LogP contribution in [0.2, 0.25) is 0 Å². The van der Waals surface area contributed by atoms with Crippen molar-refractivity contribution in [2.45, 2.75) is 18.8 Å². The van der Waals surface area contributed by atoms with Crippen LogP contribution in [0.25, 0.3) is 28.2 Å². The van der Waals surface area contributed by atoms with Crippen LogP contribution in [-0.4, -0.2) is 19.6 Å². The predicted octanol–water partition coefficient (Wildman–Crippen LogP) is 4.47. The van der Waals surface area contributed by atoms with Crippen LogP contribution in [0.15, 0.2) is 61.1 Å². The third kappa shape index (κ3) is 2.58. The molecule has 1 aliphatic rings. The lowest BCUT2D eigenvalue weighted by molar-refractivity contribution is 0.628. The maximum Gasteiger partial charge on any atom is 0.252 e. The third-order valence-corrected chi connectivity index (χ3v) is 4.64. The van der Waals surface area contributed by atoms with Gasteiger partial charge in [-0.2, -0.15) is 10.1 Å². The fourth-order valence-electron chi connectivity index (χ4n) is 3.18. The molecule has 0 atom stereocenters. The quantitative estimate of drug-likeness (QED) is 0.556. The van der Waals surface area contributed by atoms with Crippen LogP contribution >= 0.6 is 0 Å². The largest absolute Gasteiger partial charge is 0.252 e. The monoisotopic (exact) mass is 330 g/mol. The number of halogens is 1. The Morgan fingerprint density at radius 2 is 1.84 bits per heavy atom. The maximum absolute atomic E-state index is 13.3. The van der Waals surface area contributed by atoms with E-state index in [1.165, 1.54) is 36.9 Å². The van der Waals surface area contributed by atoms with Gasteiger partial charge in [0.05, 0.1) is 5.69 Å². The van der Waals surface area contributed by atoms with E-state index < -0.39 is 0 Å². The van der Waals surface area contributed by atoms with Crippen LogP contribution in [0.1, 0.15) is 24.3 Å². The molecule has 0 aliphatic heterocycles. The Morgan fingerprint density at radius 1 is 1.00 bits per heavy atom. The van der Waals surface area contributed by atoms with E-state index in [1.54, 1.807) is 16.6 Å². The average Bonchev–Trinajstić information content (AvgIpc) is 3.40. The van der Waals surface area contributed by atoms with Gasteiger partial charge in [-0.1, -0.05) is 30.3 Å². The summed E-state index contributed by atoms with van der Waals surface area (Å²) in [6, 6.07) is 15.0. The summed E-state index contributed by atoms with van der Waals surface area (Å²) in [7, 11) is 0. The molecule has 1 fully saturated rings. The zero-order chi connectivity index (χ0) is 16.8. The highest BCUT2D eigenvalue weighted by molar-refractivity contribution is 5.81. The average molecular weight is 330 g/mol. The van der Waals surface area contributed by atoms with Crippen LogP contribution in [0.4, 0.5) is 4.39 Å². The van der Waals surface area contributed by atoms with Gasteiger partial charge in [0.25, 0.3) is 5.78 Å². The smallest absolute Gasteiger partial charge is 0.210 e. The number of fused-ring (bicyclic) bond motifs is 1. The molecule has 25 heavy (non-hydrogen) atoms. The molecular formula is C20H15FN4. The van der Waals surface area contributed by atoms with Crippen molar-refractivity contribution in [2.24, 2.45) is 0 Å². The van der Waals surface area contributed by atoms with E-state index >= 15 is 0 Å². The first-order chi connectivity index (χ1) is 12.3. The molecule has 0 N–H and O–H groups in total. The van der Waals surface area contributed by atoms with Crippen molar-refractivity contribution in [2.75, 3.05) is 0 Å². The van der Waals surface area contributed by atoms with Crippen molar-refractivity contribution in [1.82, 2.24) is 19.6 Å². The van der Waals surface area contributed by atoms with E-state index in [1.807, 2.05) is 6.20 Å². The van der Waals surface area contributed by atoms with Gasteiger partial charge in [-0.3, -0.25) is 0 Å². The topological polar surface area (TPSA) is 43.1 Å². The standard InChI is InChI=1S/C20H15FN4/c21-17-8-6-14(7-9-17)18-11-25-20(22-12-23-25)24-19(18)16-3-1-2-15(10-16)13-4-5-13/h1-3,6-13H,4-5H2. The van der Waals surface area contributed by atoms with E-state index in [-0.39, 0.29) is 5.82 Å². The second kappa shape index (κ2) is 5.48.